The van der Waals surface area contributed by atoms with Crippen LogP contribution in [0.2, 0.25) is 0 Å². The maximum atomic E-state index is 12.7. The Bertz CT molecular complexity index is 1040. The minimum Gasteiger partial charge on any atom is -0.467 e. The van der Waals surface area contributed by atoms with Crippen LogP contribution in [0.5, 0.6) is 0 Å². The Morgan fingerprint density at radius 1 is 1.22 bits per heavy atom. The minimum absolute atomic E-state index is 0.0807. The van der Waals surface area contributed by atoms with Gasteiger partial charge in [-0.15, -0.1) is 10.2 Å². The lowest BCUT2D eigenvalue weighted by Gasteiger charge is -2.27. The standard InChI is InChI=1S/C22H31N7O2S/c1-22(2,3)17-13-18(27(4)26-17)23-19(30)15-32-21-25-24-20(28-10-6-5-7-11-28)29(21)14-16-9-8-12-31-16/h8-9,12-13H,5-7,10-11,14-15H2,1-4H3,(H,23,30). The highest BCUT2D eigenvalue weighted by Crippen LogP contribution is 2.27. The van der Waals surface area contributed by atoms with Crippen molar-refractivity contribution in [3.8, 4) is 0 Å². The van der Waals surface area contributed by atoms with Crippen molar-refractivity contribution in [3.05, 3.63) is 35.9 Å². The molecule has 1 aliphatic heterocycles. The highest BCUT2D eigenvalue weighted by Gasteiger charge is 2.23. The van der Waals surface area contributed by atoms with E-state index in [1.807, 2.05) is 29.8 Å². The molecular formula is C22H31N7O2S. The second-order valence-electron chi connectivity index (χ2n) is 9.12. The maximum absolute atomic E-state index is 12.7. The van der Waals surface area contributed by atoms with Gasteiger partial charge in [0, 0.05) is 31.6 Å². The summed E-state index contributed by atoms with van der Waals surface area (Å²) in [6, 6.07) is 5.74. The summed E-state index contributed by atoms with van der Waals surface area (Å²) >= 11 is 1.38. The molecule has 0 saturated carbocycles. The monoisotopic (exact) mass is 457 g/mol. The molecule has 0 atom stereocenters. The van der Waals surface area contributed by atoms with Crippen LogP contribution in [0.15, 0.2) is 34.0 Å². The van der Waals surface area contributed by atoms with Gasteiger partial charge in [-0.2, -0.15) is 5.10 Å². The van der Waals surface area contributed by atoms with Crippen LogP contribution >= 0.6 is 11.8 Å². The number of anilines is 2. The van der Waals surface area contributed by atoms with Crippen LogP contribution < -0.4 is 10.2 Å². The van der Waals surface area contributed by atoms with Gasteiger partial charge in [-0.3, -0.25) is 14.0 Å². The molecular weight excluding hydrogens is 426 g/mol. The van der Waals surface area contributed by atoms with Crippen LogP contribution in [0.1, 0.15) is 51.5 Å². The Labute approximate surface area is 192 Å². The van der Waals surface area contributed by atoms with Crippen molar-refractivity contribution in [1.29, 1.82) is 0 Å². The number of rotatable bonds is 7. The molecule has 0 aromatic carbocycles. The Morgan fingerprint density at radius 2 is 2.00 bits per heavy atom. The molecule has 0 bridgehead atoms. The van der Waals surface area contributed by atoms with Gasteiger partial charge in [0.05, 0.1) is 24.3 Å². The summed E-state index contributed by atoms with van der Waals surface area (Å²) in [4.78, 5) is 14.9. The SMILES string of the molecule is Cn1nc(C(C)(C)C)cc1NC(=O)CSc1nnc(N2CCCCC2)n1Cc1ccco1. The van der Waals surface area contributed by atoms with E-state index in [4.69, 9.17) is 4.42 Å². The fraction of sp³-hybridized carbons (Fsp3) is 0.545. The van der Waals surface area contributed by atoms with E-state index in [2.05, 4.69) is 46.3 Å². The molecule has 1 fully saturated rings. The Hall–Kier alpha value is -2.75. The number of aryl methyl sites for hydroxylation is 1. The lowest BCUT2D eigenvalue weighted by atomic mass is 9.92. The zero-order chi connectivity index (χ0) is 22.7. The Balaban J connectivity index is 1.46. The molecule has 0 spiro atoms. The first kappa shape index (κ1) is 22.4. The highest BCUT2D eigenvalue weighted by atomic mass is 32.2. The molecule has 10 heteroatoms. The van der Waals surface area contributed by atoms with Crippen LogP contribution in [-0.4, -0.2) is 49.3 Å². The number of nitrogens with one attached hydrogen (secondary N) is 1. The molecule has 1 amide bonds. The number of aromatic nitrogens is 5. The Morgan fingerprint density at radius 3 is 2.66 bits per heavy atom. The van der Waals surface area contributed by atoms with E-state index >= 15 is 0 Å². The van der Waals surface area contributed by atoms with Crippen molar-refractivity contribution in [3.63, 3.8) is 0 Å². The molecule has 0 aliphatic carbocycles. The summed E-state index contributed by atoms with van der Waals surface area (Å²) in [5.74, 6) is 2.48. The molecule has 1 saturated heterocycles. The predicted octanol–water partition coefficient (Wildman–Crippen LogP) is 3.67. The second kappa shape index (κ2) is 9.40. The van der Waals surface area contributed by atoms with E-state index in [1.54, 1.807) is 10.9 Å². The highest BCUT2D eigenvalue weighted by molar-refractivity contribution is 7.99. The summed E-state index contributed by atoms with van der Waals surface area (Å²) in [6.07, 6.45) is 5.22. The molecule has 9 nitrogen and oxygen atoms in total. The van der Waals surface area contributed by atoms with Crippen LogP contribution in [-0.2, 0) is 23.8 Å². The predicted molar refractivity (Wildman–Crippen MR) is 125 cm³/mol. The van der Waals surface area contributed by atoms with Gasteiger partial charge in [0.2, 0.25) is 11.9 Å². The van der Waals surface area contributed by atoms with Crippen molar-refractivity contribution >= 4 is 29.4 Å². The molecule has 1 aliphatic rings. The summed E-state index contributed by atoms with van der Waals surface area (Å²) in [7, 11) is 1.84. The van der Waals surface area contributed by atoms with Crippen molar-refractivity contribution in [2.75, 3.05) is 29.1 Å². The van der Waals surface area contributed by atoms with Gasteiger partial charge in [-0.05, 0) is 31.4 Å². The van der Waals surface area contributed by atoms with Gasteiger partial charge >= 0.3 is 0 Å². The van der Waals surface area contributed by atoms with Crippen molar-refractivity contribution in [2.45, 2.75) is 57.1 Å². The first-order chi connectivity index (χ1) is 15.3. The molecule has 1 N–H and O–H groups in total. The van der Waals surface area contributed by atoms with E-state index in [0.29, 0.717) is 17.5 Å². The number of hydrogen-bond donors (Lipinski definition) is 1. The molecule has 32 heavy (non-hydrogen) atoms. The first-order valence-electron chi connectivity index (χ1n) is 11.0. The largest absolute Gasteiger partial charge is 0.467 e. The average molecular weight is 458 g/mol. The normalized spacial score (nSPS) is 14.7. The van der Waals surface area contributed by atoms with Crippen LogP contribution in [0.4, 0.5) is 11.8 Å². The third-order valence-corrected chi connectivity index (χ3v) is 6.45. The van der Waals surface area contributed by atoms with Gasteiger partial charge in [-0.25, -0.2) is 0 Å². The second-order valence-corrected chi connectivity index (χ2v) is 10.1. The fourth-order valence-corrected chi connectivity index (χ4v) is 4.41. The van der Waals surface area contributed by atoms with Crippen LogP contribution in [0.25, 0.3) is 0 Å². The summed E-state index contributed by atoms with van der Waals surface area (Å²) < 4.78 is 9.31. The topological polar surface area (TPSA) is 94.0 Å². The number of carbonyl (C=O) groups is 1. The zero-order valence-corrected chi connectivity index (χ0v) is 20.0. The number of hydrogen-bond acceptors (Lipinski definition) is 7. The molecule has 3 aromatic heterocycles. The van der Waals surface area contributed by atoms with Crippen molar-refractivity contribution in [1.82, 2.24) is 24.5 Å². The van der Waals surface area contributed by atoms with Gasteiger partial charge < -0.3 is 14.6 Å². The number of carbonyl (C=O) groups excluding carboxylic acids is 1. The van der Waals surface area contributed by atoms with Crippen molar-refractivity contribution in [2.24, 2.45) is 7.05 Å². The Kier molecular flexibility index (Phi) is 6.59. The van der Waals surface area contributed by atoms with Gasteiger partial charge in [0.25, 0.3) is 0 Å². The summed E-state index contributed by atoms with van der Waals surface area (Å²) in [5.41, 5.74) is 0.857. The van der Waals surface area contributed by atoms with Gasteiger partial charge in [0.1, 0.15) is 11.6 Å². The van der Waals surface area contributed by atoms with Crippen LogP contribution in [0, 0.1) is 0 Å². The van der Waals surface area contributed by atoms with E-state index in [9.17, 15) is 4.79 Å². The van der Waals surface area contributed by atoms with Gasteiger partial charge in [-0.1, -0.05) is 32.5 Å². The fourth-order valence-electron chi connectivity index (χ4n) is 3.67. The van der Waals surface area contributed by atoms with E-state index < -0.39 is 0 Å². The number of nitrogens with zero attached hydrogens (tertiary/aromatic N) is 6. The quantitative estimate of drug-likeness (QED) is 0.541. The number of amides is 1. The maximum Gasteiger partial charge on any atom is 0.235 e. The molecule has 4 rings (SSSR count). The third-order valence-electron chi connectivity index (χ3n) is 5.48. The first-order valence-corrected chi connectivity index (χ1v) is 12.0. The molecule has 172 valence electrons. The zero-order valence-electron chi connectivity index (χ0n) is 19.2. The van der Waals surface area contributed by atoms with Crippen LogP contribution in [0.3, 0.4) is 0 Å². The number of thioether (sulfide) groups is 1. The van der Waals surface area contributed by atoms with E-state index in [1.165, 1.54) is 18.2 Å². The molecule has 4 heterocycles. The summed E-state index contributed by atoms with van der Waals surface area (Å²) in [5, 5.41) is 17.0. The van der Waals surface area contributed by atoms with Crippen molar-refractivity contribution < 1.29 is 9.21 Å². The van der Waals surface area contributed by atoms with E-state index in [-0.39, 0.29) is 17.1 Å². The number of furan rings is 1. The summed E-state index contributed by atoms with van der Waals surface area (Å²) in [6.45, 7) is 8.77. The van der Waals surface area contributed by atoms with E-state index in [0.717, 1.165) is 43.3 Å². The lowest BCUT2D eigenvalue weighted by Crippen LogP contribution is -2.32. The smallest absolute Gasteiger partial charge is 0.235 e. The molecule has 0 unspecified atom stereocenters. The molecule has 0 radical (unpaired) electrons. The molecule has 3 aromatic rings. The van der Waals surface area contributed by atoms with Gasteiger partial charge in [0.15, 0.2) is 5.16 Å². The average Bonchev–Trinajstić information content (AvgIpc) is 3.49. The number of piperidine rings is 1. The minimum atomic E-state index is -0.106. The lowest BCUT2D eigenvalue weighted by molar-refractivity contribution is -0.113. The third kappa shape index (κ3) is 5.17.